The number of nitrogens with zero attached hydrogens (tertiary/aromatic N) is 1. The molecule has 1 aromatic rings. The van der Waals surface area contributed by atoms with Crippen molar-refractivity contribution in [1.82, 2.24) is 5.43 Å². The number of carbonyl (C=O) groups is 1. The zero-order valence-electron chi connectivity index (χ0n) is 15.5. The molecule has 0 atom stereocenters. The molecule has 0 aliphatic carbocycles. The maximum Gasteiger partial charge on any atom is 0.240 e. The van der Waals surface area contributed by atoms with Crippen molar-refractivity contribution in [2.45, 2.75) is 84.5 Å². The summed E-state index contributed by atoms with van der Waals surface area (Å²) in [7, 11) is 0. The van der Waals surface area contributed by atoms with Crippen molar-refractivity contribution < 1.29 is 4.79 Å². The van der Waals surface area contributed by atoms with Gasteiger partial charge in [-0.15, -0.1) is 0 Å². The third kappa shape index (κ3) is 11.0. The Hall–Kier alpha value is -1.64. The van der Waals surface area contributed by atoms with E-state index in [1.807, 2.05) is 25.1 Å². The average Bonchev–Trinajstić information content (AvgIpc) is 2.59. The zero-order chi connectivity index (χ0) is 17.5. The van der Waals surface area contributed by atoms with Crippen LogP contribution in [-0.2, 0) is 11.2 Å². The first-order chi connectivity index (χ1) is 11.7. The third-order valence-corrected chi connectivity index (χ3v) is 4.18. The van der Waals surface area contributed by atoms with Crippen LogP contribution in [0.1, 0.15) is 83.6 Å². The van der Waals surface area contributed by atoms with Crippen LogP contribution in [0.15, 0.2) is 35.4 Å². The molecule has 24 heavy (non-hydrogen) atoms. The van der Waals surface area contributed by atoms with Crippen LogP contribution < -0.4 is 5.43 Å². The SMILES string of the molecule is CCCCCCCCCCCC(=O)N/N=C(\C)Cc1ccccc1. The van der Waals surface area contributed by atoms with E-state index < -0.39 is 0 Å². The Morgan fingerprint density at radius 1 is 0.917 bits per heavy atom. The van der Waals surface area contributed by atoms with Crippen molar-refractivity contribution in [3.05, 3.63) is 35.9 Å². The highest BCUT2D eigenvalue weighted by atomic mass is 16.2. The number of rotatable bonds is 13. The molecule has 134 valence electrons. The lowest BCUT2D eigenvalue weighted by atomic mass is 10.1. The molecule has 0 aliphatic heterocycles. The fraction of sp³-hybridized carbons (Fsp3) is 0.619. The van der Waals surface area contributed by atoms with Crippen LogP contribution in [0.2, 0.25) is 0 Å². The largest absolute Gasteiger partial charge is 0.273 e. The highest BCUT2D eigenvalue weighted by Gasteiger charge is 2.01. The summed E-state index contributed by atoms with van der Waals surface area (Å²) in [5.74, 6) is 0.0327. The van der Waals surface area contributed by atoms with Gasteiger partial charge >= 0.3 is 0 Å². The Balaban J connectivity index is 2.02. The molecule has 3 heteroatoms. The van der Waals surface area contributed by atoms with Crippen LogP contribution in [0.5, 0.6) is 0 Å². The predicted octanol–water partition coefficient (Wildman–Crippen LogP) is 5.64. The molecule has 0 saturated carbocycles. The number of amides is 1. The minimum absolute atomic E-state index is 0.0327. The number of hydrogen-bond donors (Lipinski definition) is 1. The van der Waals surface area contributed by atoms with Crippen LogP contribution in [-0.4, -0.2) is 11.6 Å². The smallest absolute Gasteiger partial charge is 0.240 e. The van der Waals surface area contributed by atoms with Crippen LogP contribution in [0.3, 0.4) is 0 Å². The molecule has 0 unspecified atom stereocenters. The van der Waals surface area contributed by atoms with E-state index in [4.69, 9.17) is 0 Å². The molecular weight excluding hydrogens is 296 g/mol. The Morgan fingerprint density at radius 3 is 2.12 bits per heavy atom. The zero-order valence-corrected chi connectivity index (χ0v) is 15.5. The summed E-state index contributed by atoms with van der Waals surface area (Å²) < 4.78 is 0. The molecule has 0 heterocycles. The number of hydrazone groups is 1. The molecule has 0 fully saturated rings. The van der Waals surface area contributed by atoms with E-state index in [0.29, 0.717) is 6.42 Å². The van der Waals surface area contributed by atoms with Crippen LogP contribution in [0, 0.1) is 0 Å². The second-order valence-corrected chi connectivity index (χ2v) is 6.62. The number of nitrogens with one attached hydrogen (secondary N) is 1. The Kier molecular flexibility index (Phi) is 11.7. The first kappa shape index (κ1) is 20.4. The lowest BCUT2D eigenvalue weighted by molar-refractivity contribution is -0.121. The number of benzene rings is 1. The summed E-state index contributed by atoms with van der Waals surface area (Å²) in [6, 6.07) is 10.2. The molecule has 3 nitrogen and oxygen atoms in total. The predicted molar refractivity (Wildman–Crippen MR) is 103 cm³/mol. The molecule has 1 aromatic carbocycles. The lowest BCUT2D eigenvalue weighted by Gasteiger charge is -2.04. The molecule has 1 rings (SSSR count). The van der Waals surface area contributed by atoms with Crippen LogP contribution in [0.4, 0.5) is 0 Å². The van der Waals surface area contributed by atoms with Gasteiger partial charge in [0.1, 0.15) is 0 Å². The van der Waals surface area contributed by atoms with Crippen molar-refractivity contribution in [3.63, 3.8) is 0 Å². The van der Waals surface area contributed by atoms with E-state index >= 15 is 0 Å². The van der Waals surface area contributed by atoms with Gasteiger partial charge in [0.25, 0.3) is 0 Å². The van der Waals surface area contributed by atoms with Crippen molar-refractivity contribution in [2.24, 2.45) is 5.10 Å². The van der Waals surface area contributed by atoms with Crippen LogP contribution >= 0.6 is 0 Å². The maximum atomic E-state index is 11.8. The Bertz CT molecular complexity index is 468. The van der Waals surface area contributed by atoms with E-state index in [9.17, 15) is 4.79 Å². The highest BCUT2D eigenvalue weighted by molar-refractivity contribution is 5.86. The molecule has 0 bridgehead atoms. The Morgan fingerprint density at radius 2 is 1.50 bits per heavy atom. The van der Waals surface area contributed by atoms with Crippen molar-refractivity contribution in [1.29, 1.82) is 0 Å². The van der Waals surface area contributed by atoms with E-state index in [1.165, 1.54) is 50.5 Å². The Labute approximate surface area is 147 Å². The quantitative estimate of drug-likeness (QED) is 0.284. The van der Waals surface area contributed by atoms with E-state index in [2.05, 4.69) is 29.6 Å². The summed E-state index contributed by atoms with van der Waals surface area (Å²) >= 11 is 0. The minimum Gasteiger partial charge on any atom is -0.273 e. The van der Waals surface area contributed by atoms with Gasteiger partial charge in [-0.05, 0) is 18.9 Å². The van der Waals surface area contributed by atoms with Gasteiger partial charge in [0.05, 0.1) is 0 Å². The molecule has 1 N–H and O–H groups in total. The monoisotopic (exact) mass is 330 g/mol. The van der Waals surface area contributed by atoms with Crippen molar-refractivity contribution >= 4 is 11.6 Å². The second kappa shape index (κ2) is 13.8. The average molecular weight is 331 g/mol. The van der Waals surface area contributed by atoms with Gasteiger partial charge < -0.3 is 0 Å². The standard InChI is InChI=1S/C21H34N2O/c1-3-4-5-6-7-8-9-10-14-17-21(24)23-22-19(2)18-20-15-12-11-13-16-20/h11-13,15-16H,3-10,14,17-18H2,1-2H3,(H,23,24)/b22-19+. The third-order valence-electron chi connectivity index (χ3n) is 4.18. The molecular formula is C21H34N2O. The van der Waals surface area contributed by atoms with Crippen LogP contribution in [0.25, 0.3) is 0 Å². The highest BCUT2D eigenvalue weighted by Crippen LogP contribution is 2.10. The molecule has 0 aliphatic rings. The fourth-order valence-corrected chi connectivity index (χ4v) is 2.74. The maximum absolute atomic E-state index is 11.8. The summed E-state index contributed by atoms with van der Waals surface area (Å²) in [6.07, 6.45) is 12.8. The molecule has 0 spiro atoms. The van der Waals surface area contributed by atoms with Crippen molar-refractivity contribution in [2.75, 3.05) is 0 Å². The molecule has 0 radical (unpaired) electrons. The van der Waals surface area contributed by atoms with Gasteiger partial charge in [0.15, 0.2) is 0 Å². The number of unbranched alkanes of at least 4 members (excludes halogenated alkanes) is 8. The first-order valence-electron chi connectivity index (χ1n) is 9.58. The molecule has 0 saturated heterocycles. The van der Waals surface area contributed by atoms with E-state index in [-0.39, 0.29) is 5.91 Å². The normalized spacial score (nSPS) is 11.5. The topological polar surface area (TPSA) is 41.5 Å². The van der Waals surface area contributed by atoms with Gasteiger partial charge in [-0.2, -0.15) is 5.10 Å². The van der Waals surface area contributed by atoms with Crippen molar-refractivity contribution in [3.8, 4) is 0 Å². The molecule has 1 amide bonds. The first-order valence-corrected chi connectivity index (χ1v) is 9.58. The minimum atomic E-state index is 0.0327. The fourth-order valence-electron chi connectivity index (χ4n) is 2.74. The number of hydrogen-bond acceptors (Lipinski definition) is 2. The van der Waals surface area contributed by atoms with Gasteiger partial charge in [0.2, 0.25) is 5.91 Å². The van der Waals surface area contributed by atoms with Gasteiger partial charge in [0, 0.05) is 18.6 Å². The number of carbonyl (C=O) groups excluding carboxylic acids is 1. The summed E-state index contributed by atoms with van der Waals surface area (Å²) in [5.41, 5.74) is 4.82. The summed E-state index contributed by atoms with van der Waals surface area (Å²) in [6.45, 7) is 4.20. The van der Waals surface area contributed by atoms with E-state index in [1.54, 1.807) is 0 Å². The molecule has 0 aromatic heterocycles. The summed E-state index contributed by atoms with van der Waals surface area (Å²) in [5, 5.41) is 4.19. The van der Waals surface area contributed by atoms with Gasteiger partial charge in [-0.3, -0.25) is 4.79 Å². The van der Waals surface area contributed by atoms with Gasteiger partial charge in [-0.25, -0.2) is 5.43 Å². The summed E-state index contributed by atoms with van der Waals surface area (Å²) in [4.78, 5) is 11.8. The van der Waals surface area contributed by atoms with E-state index in [0.717, 1.165) is 25.0 Å². The van der Waals surface area contributed by atoms with Gasteiger partial charge in [-0.1, -0.05) is 88.6 Å². The lowest BCUT2D eigenvalue weighted by Crippen LogP contribution is -2.19. The second-order valence-electron chi connectivity index (χ2n) is 6.62.